The first kappa shape index (κ1) is 11.5. The number of phenols is 1. The van der Waals surface area contributed by atoms with Crippen molar-refractivity contribution in [3.63, 3.8) is 0 Å². The molecule has 88 valence electrons. The summed E-state index contributed by atoms with van der Waals surface area (Å²) in [5.41, 5.74) is 0.00905. The second-order valence-electron chi connectivity index (χ2n) is 3.60. The van der Waals surface area contributed by atoms with E-state index >= 15 is 0 Å². The monoisotopic (exact) mass is 238 g/mol. The molecule has 0 aliphatic rings. The minimum absolute atomic E-state index is 0.0353. The van der Waals surface area contributed by atoms with E-state index in [0.29, 0.717) is 11.1 Å². The lowest BCUT2D eigenvalue weighted by Gasteiger charge is -2.09. The standard InChI is InChI=1S/C13H9F3O/c14-13(15,16)10-5-3-4-9(8-10)11-6-1-2-7-12(11)17/h1-8,17H. The highest BCUT2D eigenvalue weighted by Gasteiger charge is 2.30. The number of aromatic hydroxyl groups is 1. The highest BCUT2D eigenvalue weighted by atomic mass is 19.4. The van der Waals surface area contributed by atoms with Crippen molar-refractivity contribution in [3.8, 4) is 16.9 Å². The van der Waals surface area contributed by atoms with Crippen LogP contribution in [0.1, 0.15) is 5.56 Å². The van der Waals surface area contributed by atoms with Crippen molar-refractivity contribution in [1.29, 1.82) is 0 Å². The van der Waals surface area contributed by atoms with Crippen LogP contribution in [0.3, 0.4) is 0 Å². The van der Waals surface area contributed by atoms with Crippen molar-refractivity contribution in [1.82, 2.24) is 0 Å². The Kier molecular flexibility index (Phi) is 2.79. The minimum atomic E-state index is -4.37. The second-order valence-corrected chi connectivity index (χ2v) is 3.60. The van der Waals surface area contributed by atoms with Gasteiger partial charge in [0.05, 0.1) is 5.56 Å². The van der Waals surface area contributed by atoms with E-state index in [1.165, 1.54) is 18.2 Å². The molecule has 0 amide bonds. The lowest BCUT2D eigenvalue weighted by Crippen LogP contribution is -2.04. The van der Waals surface area contributed by atoms with Crippen LogP contribution in [0, 0.1) is 0 Å². The quantitative estimate of drug-likeness (QED) is 0.793. The zero-order chi connectivity index (χ0) is 12.5. The van der Waals surface area contributed by atoms with Gasteiger partial charge in [-0.3, -0.25) is 0 Å². The third-order valence-electron chi connectivity index (χ3n) is 2.40. The first-order chi connectivity index (χ1) is 7.98. The van der Waals surface area contributed by atoms with Gasteiger partial charge in [0.25, 0.3) is 0 Å². The normalized spacial score (nSPS) is 11.5. The molecule has 0 saturated carbocycles. The maximum absolute atomic E-state index is 12.5. The number of phenolic OH excluding ortho intramolecular Hbond substituents is 1. The molecule has 0 saturated heterocycles. The van der Waals surface area contributed by atoms with Crippen molar-refractivity contribution >= 4 is 0 Å². The Balaban J connectivity index is 2.51. The zero-order valence-electron chi connectivity index (χ0n) is 8.70. The van der Waals surface area contributed by atoms with Crippen LogP contribution in [-0.2, 0) is 6.18 Å². The molecular weight excluding hydrogens is 229 g/mol. The van der Waals surface area contributed by atoms with E-state index in [2.05, 4.69) is 0 Å². The molecule has 0 bridgehead atoms. The van der Waals surface area contributed by atoms with Gasteiger partial charge in [0, 0.05) is 5.56 Å². The molecule has 2 aromatic carbocycles. The first-order valence-corrected chi connectivity index (χ1v) is 4.94. The summed E-state index contributed by atoms with van der Waals surface area (Å²) in [4.78, 5) is 0. The summed E-state index contributed by atoms with van der Waals surface area (Å²) in [5.74, 6) is -0.0353. The number of alkyl halides is 3. The maximum Gasteiger partial charge on any atom is 0.416 e. The fourth-order valence-corrected chi connectivity index (χ4v) is 1.58. The Labute approximate surface area is 96.1 Å². The molecule has 2 rings (SSSR count). The highest BCUT2D eigenvalue weighted by molar-refractivity contribution is 5.70. The number of hydrogen-bond acceptors (Lipinski definition) is 1. The lowest BCUT2D eigenvalue weighted by atomic mass is 10.0. The van der Waals surface area contributed by atoms with Crippen molar-refractivity contribution in [3.05, 3.63) is 54.1 Å². The maximum atomic E-state index is 12.5. The largest absolute Gasteiger partial charge is 0.507 e. The fraction of sp³-hybridized carbons (Fsp3) is 0.0769. The first-order valence-electron chi connectivity index (χ1n) is 4.94. The Hall–Kier alpha value is -1.97. The van der Waals surface area contributed by atoms with E-state index in [1.54, 1.807) is 18.2 Å². The van der Waals surface area contributed by atoms with Crippen LogP contribution >= 0.6 is 0 Å². The van der Waals surface area contributed by atoms with Crippen molar-refractivity contribution < 1.29 is 18.3 Å². The summed E-state index contributed by atoms with van der Waals surface area (Å²) in [5, 5.41) is 9.58. The summed E-state index contributed by atoms with van der Waals surface area (Å²) < 4.78 is 37.6. The Bertz CT molecular complexity index is 532. The third-order valence-corrected chi connectivity index (χ3v) is 2.40. The molecule has 0 aliphatic heterocycles. The SMILES string of the molecule is Oc1ccccc1-c1cccc(C(F)(F)F)c1. The van der Waals surface area contributed by atoms with E-state index in [1.807, 2.05) is 0 Å². The molecule has 2 aromatic rings. The van der Waals surface area contributed by atoms with Gasteiger partial charge in [-0.2, -0.15) is 13.2 Å². The highest BCUT2D eigenvalue weighted by Crippen LogP contribution is 2.34. The fourth-order valence-electron chi connectivity index (χ4n) is 1.58. The van der Waals surface area contributed by atoms with Crippen molar-refractivity contribution in [2.24, 2.45) is 0 Å². The molecule has 0 fully saturated rings. The summed E-state index contributed by atoms with van der Waals surface area (Å²) in [6.07, 6.45) is -4.37. The van der Waals surface area contributed by atoms with Crippen LogP contribution < -0.4 is 0 Å². The number of benzene rings is 2. The molecule has 0 aromatic heterocycles. The molecule has 0 spiro atoms. The lowest BCUT2D eigenvalue weighted by molar-refractivity contribution is -0.137. The van der Waals surface area contributed by atoms with E-state index < -0.39 is 11.7 Å². The molecule has 1 N–H and O–H groups in total. The summed E-state index contributed by atoms with van der Waals surface area (Å²) in [6.45, 7) is 0. The van der Waals surface area contributed by atoms with Crippen LogP contribution in [0.15, 0.2) is 48.5 Å². The molecular formula is C13H9F3O. The molecule has 0 aliphatic carbocycles. The topological polar surface area (TPSA) is 20.2 Å². The van der Waals surface area contributed by atoms with Gasteiger partial charge in [-0.25, -0.2) is 0 Å². The van der Waals surface area contributed by atoms with Crippen molar-refractivity contribution in [2.45, 2.75) is 6.18 Å². The Morgan fingerprint density at radius 3 is 2.24 bits per heavy atom. The van der Waals surface area contributed by atoms with Gasteiger partial charge in [-0.15, -0.1) is 0 Å². The van der Waals surface area contributed by atoms with Gasteiger partial charge in [-0.1, -0.05) is 30.3 Å². The summed E-state index contributed by atoms with van der Waals surface area (Å²) >= 11 is 0. The Morgan fingerprint density at radius 2 is 1.59 bits per heavy atom. The van der Waals surface area contributed by atoms with E-state index in [0.717, 1.165) is 12.1 Å². The molecule has 0 radical (unpaired) electrons. The molecule has 0 unspecified atom stereocenters. The van der Waals surface area contributed by atoms with Crippen LogP contribution in [0.5, 0.6) is 5.75 Å². The number of halogens is 3. The van der Waals surface area contributed by atoms with E-state index in [9.17, 15) is 18.3 Å². The van der Waals surface area contributed by atoms with Gasteiger partial charge in [-0.05, 0) is 23.8 Å². The number of para-hydroxylation sites is 1. The molecule has 1 nitrogen and oxygen atoms in total. The van der Waals surface area contributed by atoms with Crippen LogP contribution in [-0.4, -0.2) is 5.11 Å². The van der Waals surface area contributed by atoms with Gasteiger partial charge < -0.3 is 5.11 Å². The summed E-state index contributed by atoms with van der Waals surface area (Å²) in [6, 6.07) is 11.2. The third kappa shape index (κ3) is 2.41. The van der Waals surface area contributed by atoms with Crippen LogP contribution in [0.25, 0.3) is 11.1 Å². The molecule has 0 heterocycles. The number of hydrogen-bond donors (Lipinski definition) is 1. The number of rotatable bonds is 1. The average Bonchev–Trinajstić information content (AvgIpc) is 2.29. The van der Waals surface area contributed by atoms with E-state index in [4.69, 9.17) is 0 Å². The van der Waals surface area contributed by atoms with Crippen LogP contribution in [0.2, 0.25) is 0 Å². The minimum Gasteiger partial charge on any atom is -0.507 e. The van der Waals surface area contributed by atoms with E-state index in [-0.39, 0.29) is 5.75 Å². The van der Waals surface area contributed by atoms with Gasteiger partial charge >= 0.3 is 6.18 Å². The van der Waals surface area contributed by atoms with Crippen molar-refractivity contribution in [2.75, 3.05) is 0 Å². The van der Waals surface area contributed by atoms with Gasteiger partial charge in [0.1, 0.15) is 5.75 Å². The second kappa shape index (κ2) is 4.13. The van der Waals surface area contributed by atoms with Gasteiger partial charge in [0.2, 0.25) is 0 Å². The Morgan fingerprint density at radius 1 is 0.882 bits per heavy atom. The molecule has 4 heteroatoms. The predicted octanol–water partition coefficient (Wildman–Crippen LogP) is 4.08. The predicted molar refractivity (Wildman–Crippen MR) is 58.5 cm³/mol. The smallest absolute Gasteiger partial charge is 0.416 e. The summed E-state index contributed by atoms with van der Waals surface area (Å²) in [7, 11) is 0. The molecule has 0 atom stereocenters. The van der Waals surface area contributed by atoms with Gasteiger partial charge in [0.15, 0.2) is 0 Å². The molecule has 17 heavy (non-hydrogen) atoms. The average molecular weight is 238 g/mol. The zero-order valence-corrected chi connectivity index (χ0v) is 8.70. The van der Waals surface area contributed by atoms with Crippen LogP contribution in [0.4, 0.5) is 13.2 Å².